The molecule has 0 amide bonds. The Hall–Kier alpha value is -2.41. The van der Waals surface area contributed by atoms with Crippen molar-refractivity contribution < 1.29 is 4.42 Å². The highest BCUT2D eigenvalue weighted by Crippen LogP contribution is 2.17. The van der Waals surface area contributed by atoms with Gasteiger partial charge in [-0.25, -0.2) is 9.97 Å². The summed E-state index contributed by atoms with van der Waals surface area (Å²) >= 11 is 5.29. The Balaban J connectivity index is 1.45. The Morgan fingerprint density at radius 2 is 2.32 bits per heavy atom. The van der Waals surface area contributed by atoms with Gasteiger partial charge in [0.15, 0.2) is 17.1 Å². The zero-order chi connectivity index (χ0) is 15.4. The van der Waals surface area contributed by atoms with Crippen molar-refractivity contribution in [2.24, 2.45) is 0 Å². The van der Waals surface area contributed by atoms with Gasteiger partial charge in [-0.1, -0.05) is 0 Å². The van der Waals surface area contributed by atoms with Crippen LogP contribution in [0.4, 0.5) is 5.69 Å². The van der Waals surface area contributed by atoms with E-state index in [1.807, 2.05) is 37.6 Å². The molecule has 0 saturated carbocycles. The fraction of sp³-hybridized carbons (Fsp3) is 0.267. The Morgan fingerprint density at radius 3 is 3.14 bits per heavy atom. The van der Waals surface area contributed by atoms with Crippen LogP contribution in [-0.2, 0) is 6.54 Å². The second-order valence-electron chi connectivity index (χ2n) is 5.00. The van der Waals surface area contributed by atoms with Crippen LogP contribution in [0.25, 0.3) is 11.1 Å². The lowest BCUT2D eigenvalue weighted by molar-refractivity contribution is 0.602. The Morgan fingerprint density at radius 1 is 1.41 bits per heavy atom. The number of aryl methyl sites for hydroxylation is 2. The van der Waals surface area contributed by atoms with Gasteiger partial charge in [0.2, 0.25) is 0 Å². The van der Waals surface area contributed by atoms with Gasteiger partial charge in [0.1, 0.15) is 5.52 Å². The number of nitrogens with zero attached hydrogens (tertiary/aromatic N) is 3. The van der Waals surface area contributed by atoms with Gasteiger partial charge in [0.25, 0.3) is 0 Å². The van der Waals surface area contributed by atoms with Gasteiger partial charge < -0.3 is 19.6 Å². The molecular weight excluding hydrogens is 298 g/mol. The zero-order valence-electron chi connectivity index (χ0n) is 12.2. The molecule has 0 saturated heterocycles. The summed E-state index contributed by atoms with van der Waals surface area (Å²) in [5.74, 6) is 0. The molecule has 0 fully saturated rings. The van der Waals surface area contributed by atoms with Gasteiger partial charge in [-0.3, -0.25) is 0 Å². The molecule has 1 aromatic carbocycles. The van der Waals surface area contributed by atoms with Crippen LogP contribution >= 0.6 is 12.2 Å². The maximum Gasteiger partial charge on any atom is 0.181 e. The van der Waals surface area contributed by atoms with Crippen molar-refractivity contribution in [3.63, 3.8) is 0 Å². The van der Waals surface area contributed by atoms with Crippen LogP contribution in [0.2, 0.25) is 0 Å². The van der Waals surface area contributed by atoms with Crippen molar-refractivity contribution in [3.8, 4) is 0 Å². The zero-order valence-corrected chi connectivity index (χ0v) is 13.1. The summed E-state index contributed by atoms with van der Waals surface area (Å²) in [6, 6.07) is 5.70. The van der Waals surface area contributed by atoms with Gasteiger partial charge in [0.05, 0.1) is 6.33 Å². The number of imidazole rings is 1. The van der Waals surface area contributed by atoms with Crippen molar-refractivity contribution >= 4 is 34.1 Å². The number of nitrogens with one attached hydrogen (secondary N) is 2. The summed E-state index contributed by atoms with van der Waals surface area (Å²) < 4.78 is 7.39. The van der Waals surface area contributed by atoms with Crippen molar-refractivity contribution in [1.29, 1.82) is 0 Å². The molecule has 3 aromatic rings. The number of thiocarbonyl (C=S) groups is 1. The van der Waals surface area contributed by atoms with E-state index in [2.05, 4.69) is 25.2 Å². The van der Waals surface area contributed by atoms with E-state index in [0.29, 0.717) is 5.11 Å². The van der Waals surface area contributed by atoms with Gasteiger partial charge in [-0.15, -0.1) is 0 Å². The molecule has 0 aliphatic heterocycles. The average Bonchev–Trinajstić information content (AvgIpc) is 3.12. The third kappa shape index (κ3) is 3.43. The number of aromatic nitrogens is 3. The SMILES string of the molecule is Cc1cncn1CCCNC(=S)Nc1ccc2ncoc2c1. The Labute approximate surface area is 133 Å². The third-order valence-corrected chi connectivity index (χ3v) is 3.62. The highest BCUT2D eigenvalue weighted by molar-refractivity contribution is 7.80. The van der Waals surface area contributed by atoms with E-state index in [-0.39, 0.29) is 0 Å². The normalized spacial score (nSPS) is 10.8. The van der Waals surface area contributed by atoms with Crippen LogP contribution in [-0.4, -0.2) is 26.2 Å². The largest absolute Gasteiger partial charge is 0.443 e. The molecule has 22 heavy (non-hydrogen) atoms. The molecule has 6 nitrogen and oxygen atoms in total. The molecular formula is C15H17N5OS. The topological polar surface area (TPSA) is 67.9 Å². The van der Waals surface area contributed by atoms with E-state index in [1.165, 1.54) is 12.1 Å². The molecule has 0 unspecified atom stereocenters. The van der Waals surface area contributed by atoms with E-state index in [9.17, 15) is 0 Å². The second-order valence-corrected chi connectivity index (χ2v) is 5.41. The lowest BCUT2D eigenvalue weighted by Crippen LogP contribution is -2.29. The minimum absolute atomic E-state index is 0.598. The molecule has 3 rings (SSSR count). The number of hydrogen-bond donors (Lipinski definition) is 2. The summed E-state index contributed by atoms with van der Waals surface area (Å²) in [5, 5.41) is 6.94. The maximum absolute atomic E-state index is 5.29. The van der Waals surface area contributed by atoms with Crippen LogP contribution in [0.3, 0.4) is 0 Å². The van der Waals surface area contributed by atoms with Crippen molar-refractivity contribution in [2.75, 3.05) is 11.9 Å². The fourth-order valence-electron chi connectivity index (χ4n) is 2.18. The molecule has 114 valence electrons. The molecule has 2 heterocycles. The highest BCUT2D eigenvalue weighted by Gasteiger charge is 2.02. The van der Waals surface area contributed by atoms with Gasteiger partial charge >= 0.3 is 0 Å². The molecule has 0 bridgehead atoms. The summed E-state index contributed by atoms with van der Waals surface area (Å²) in [5.41, 5.74) is 3.62. The number of oxazole rings is 1. The highest BCUT2D eigenvalue weighted by atomic mass is 32.1. The van der Waals surface area contributed by atoms with Crippen molar-refractivity contribution in [3.05, 3.63) is 42.8 Å². The average molecular weight is 315 g/mol. The van der Waals surface area contributed by atoms with Gasteiger partial charge in [-0.2, -0.15) is 0 Å². The van der Waals surface area contributed by atoms with Gasteiger partial charge in [0, 0.05) is 36.7 Å². The van der Waals surface area contributed by atoms with E-state index in [0.717, 1.165) is 36.3 Å². The van der Waals surface area contributed by atoms with Crippen LogP contribution < -0.4 is 10.6 Å². The van der Waals surface area contributed by atoms with Crippen LogP contribution in [0, 0.1) is 6.92 Å². The van der Waals surface area contributed by atoms with E-state index >= 15 is 0 Å². The molecule has 2 aromatic heterocycles. The first-order valence-electron chi connectivity index (χ1n) is 7.07. The summed E-state index contributed by atoms with van der Waals surface area (Å²) in [7, 11) is 0. The smallest absolute Gasteiger partial charge is 0.181 e. The number of benzene rings is 1. The first-order chi connectivity index (χ1) is 10.7. The van der Waals surface area contributed by atoms with Crippen LogP contribution in [0.15, 0.2) is 41.5 Å². The number of fused-ring (bicyclic) bond motifs is 1. The van der Waals surface area contributed by atoms with Crippen LogP contribution in [0.1, 0.15) is 12.1 Å². The lowest BCUT2D eigenvalue weighted by Gasteiger charge is -2.11. The quantitative estimate of drug-likeness (QED) is 0.557. The summed E-state index contributed by atoms with van der Waals surface area (Å²) in [6.45, 7) is 3.77. The van der Waals surface area contributed by atoms with E-state index in [4.69, 9.17) is 16.6 Å². The second kappa shape index (κ2) is 6.57. The standard InChI is InChI=1S/C15H17N5OS/c1-11-8-16-9-20(11)6-2-5-17-15(22)19-12-3-4-13-14(7-12)21-10-18-13/h3-4,7-10H,2,5-6H2,1H3,(H2,17,19,22). The monoisotopic (exact) mass is 315 g/mol. The molecule has 2 N–H and O–H groups in total. The first-order valence-corrected chi connectivity index (χ1v) is 7.48. The van der Waals surface area contributed by atoms with Gasteiger partial charge in [-0.05, 0) is 37.7 Å². The van der Waals surface area contributed by atoms with E-state index < -0.39 is 0 Å². The van der Waals surface area contributed by atoms with Crippen LogP contribution in [0.5, 0.6) is 0 Å². The van der Waals surface area contributed by atoms with Crippen molar-refractivity contribution in [1.82, 2.24) is 19.9 Å². The Kier molecular flexibility index (Phi) is 4.34. The summed E-state index contributed by atoms with van der Waals surface area (Å²) in [6.07, 6.45) is 6.11. The predicted molar refractivity (Wildman–Crippen MR) is 89.8 cm³/mol. The molecule has 0 aliphatic carbocycles. The van der Waals surface area contributed by atoms with Crippen molar-refractivity contribution in [2.45, 2.75) is 19.9 Å². The first kappa shape index (κ1) is 14.5. The molecule has 7 heteroatoms. The summed E-state index contributed by atoms with van der Waals surface area (Å²) in [4.78, 5) is 8.18. The number of hydrogen-bond acceptors (Lipinski definition) is 4. The minimum atomic E-state index is 0.598. The third-order valence-electron chi connectivity index (χ3n) is 3.37. The lowest BCUT2D eigenvalue weighted by atomic mass is 10.3. The molecule has 0 spiro atoms. The molecule has 0 atom stereocenters. The fourth-order valence-corrected chi connectivity index (χ4v) is 2.40. The predicted octanol–water partition coefficient (Wildman–Crippen LogP) is 2.71. The number of rotatable bonds is 5. The molecule has 0 aliphatic rings. The molecule has 0 radical (unpaired) electrons. The maximum atomic E-state index is 5.29. The number of anilines is 1. The Bertz CT molecular complexity index is 779. The van der Waals surface area contributed by atoms with E-state index in [1.54, 1.807) is 0 Å². The minimum Gasteiger partial charge on any atom is -0.443 e.